The summed E-state index contributed by atoms with van der Waals surface area (Å²) in [6.07, 6.45) is 6.98. The number of guanidine groups is 1. The Morgan fingerprint density at radius 2 is 1.76 bits per heavy atom. The highest BCUT2D eigenvalue weighted by molar-refractivity contribution is 6.69. The smallest absolute Gasteiger partial charge is 0.257 e. The molecule has 0 radical (unpaired) electrons. The SMILES string of the molecule is N=C(NC(=O)c1ccc(Nc2ncc3c(n2)C2=CN=C(Cl)C=C(c4c(F)cccc4F)C2=CC3)cc1)N1CCNCC1. The fourth-order valence-corrected chi connectivity index (χ4v) is 5.15. The molecule has 1 saturated heterocycles. The molecule has 42 heavy (non-hydrogen) atoms. The van der Waals surface area contributed by atoms with Crippen LogP contribution in [0.25, 0.3) is 11.1 Å². The van der Waals surface area contributed by atoms with Crippen molar-refractivity contribution in [3.05, 3.63) is 107 Å². The van der Waals surface area contributed by atoms with Gasteiger partial charge in [-0.05, 0) is 60.0 Å². The zero-order chi connectivity index (χ0) is 29.2. The van der Waals surface area contributed by atoms with Gasteiger partial charge in [0.1, 0.15) is 16.8 Å². The largest absolute Gasteiger partial charge is 0.340 e. The second-order valence-corrected chi connectivity index (χ2v) is 10.2. The first-order chi connectivity index (χ1) is 20.4. The van der Waals surface area contributed by atoms with E-state index in [2.05, 4.69) is 25.9 Å². The van der Waals surface area contributed by atoms with Gasteiger partial charge in [-0.25, -0.2) is 23.7 Å². The van der Waals surface area contributed by atoms with Crippen LogP contribution in [0.5, 0.6) is 0 Å². The van der Waals surface area contributed by atoms with E-state index >= 15 is 0 Å². The van der Waals surface area contributed by atoms with E-state index in [1.165, 1.54) is 30.5 Å². The molecule has 12 heteroatoms. The molecule has 2 aliphatic heterocycles. The molecular formula is C30H25ClF2N8O. The number of hydrogen-bond acceptors (Lipinski definition) is 7. The Morgan fingerprint density at radius 1 is 1.02 bits per heavy atom. The molecule has 3 heterocycles. The Kier molecular flexibility index (Phi) is 7.60. The summed E-state index contributed by atoms with van der Waals surface area (Å²) in [4.78, 5) is 27.9. The zero-order valence-corrected chi connectivity index (χ0v) is 23.0. The van der Waals surface area contributed by atoms with Gasteiger partial charge in [-0.15, -0.1) is 0 Å². The first kappa shape index (κ1) is 27.4. The van der Waals surface area contributed by atoms with E-state index in [-0.39, 0.29) is 34.1 Å². The maximum atomic E-state index is 14.8. The van der Waals surface area contributed by atoms with Crippen LogP contribution < -0.4 is 16.0 Å². The summed E-state index contributed by atoms with van der Waals surface area (Å²) in [5.74, 6) is -1.42. The van der Waals surface area contributed by atoms with Crippen LogP contribution in [0.2, 0.25) is 0 Å². The lowest BCUT2D eigenvalue weighted by molar-refractivity contribution is 0.0971. The zero-order valence-electron chi connectivity index (χ0n) is 22.2. The van der Waals surface area contributed by atoms with E-state index in [1.54, 1.807) is 30.5 Å². The van der Waals surface area contributed by atoms with Crippen LogP contribution in [0.1, 0.15) is 27.2 Å². The molecule has 0 saturated carbocycles. The molecule has 1 aliphatic carbocycles. The Balaban J connectivity index is 1.21. The summed E-state index contributed by atoms with van der Waals surface area (Å²) in [7, 11) is 0. The predicted octanol–water partition coefficient (Wildman–Crippen LogP) is 4.63. The lowest BCUT2D eigenvalue weighted by Crippen LogP contribution is -2.51. The van der Waals surface area contributed by atoms with Gasteiger partial charge in [-0.1, -0.05) is 23.7 Å². The van der Waals surface area contributed by atoms with Gasteiger partial charge in [-0.2, -0.15) is 0 Å². The number of aromatic nitrogens is 2. The Bertz CT molecular complexity index is 1690. The van der Waals surface area contributed by atoms with Crippen LogP contribution in [0.3, 0.4) is 0 Å². The van der Waals surface area contributed by atoms with E-state index in [4.69, 9.17) is 22.0 Å². The summed E-state index contributed by atoms with van der Waals surface area (Å²) < 4.78 is 29.6. The van der Waals surface area contributed by atoms with Crippen molar-refractivity contribution in [3.63, 3.8) is 0 Å². The number of fused-ring (bicyclic) bond motifs is 3. The third kappa shape index (κ3) is 5.56. The summed E-state index contributed by atoms with van der Waals surface area (Å²) in [6, 6.07) is 10.4. The summed E-state index contributed by atoms with van der Waals surface area (Å²) in [5.41, 5.74) is 3.64. The molecule has 3 aromatic rings. The lowest BCUT2D eigenvalue weighted by atomic mass is 9.84. The predicted molar refractivity (Wildman–Crippen MR) is 159 cm³/mol. The molecule has 0 spiro atoms. The van der Waals surface area contributed by atoms with Gasteiger partial charge in [0.05, 0.1) is 11.3 Å². The number of halogens is 3. The number of carbonyl (C=O) groups is 1. The minimum Gasteiger partial charge on any atom is -0.340 e. The number of nitrogens with zero attached hydrogens (tertiary/aromatic N) is 4. The minimum atomic E-state index is -0.707. The Morgan fingerprint density at radius 3 is 2.50 bits per heavy atom. The first-order valence-corrected chi connectivity index (χ1v) is 13.6. The fraction of sp³-hybridized carbons (Fsp3) is 0.167. The average Bonchev–Trinajstić information content (AvgIpc) is 3.16. The molecule has 6 rings (SSSR count). The maximum Gasteiger partial charge on any atom is 0.257 e. The van der Waals surface area contributed by atoms with Crippen molar-refractivity contribution in [2.24, 2.45) is 4.99 Å². The van der Waals surface area contributed by atoms with Crippen molar-refractivity contribution in [3.8, 4) is 0 Å². The van der Waals surface area contributed by atoms with Gasteiger partial charge in [0.15, 0.2) is 5.96 Å². The van der Waals surface area contributed by atoms with Gasteiger partial charge in [-0.3, -0.25) is 15.5 Å². The second kappa shape index (κ2) is 11.6. The number of rotatable bonds is 4. The highest BCUT2D eigenvalue weighted by atomic mass is 35.5. The van der Waals surface area contributed by atoms with Gasteiger partial charge in [0.2, 0.25) is 5.95 Å². The number of nitrogens with one attached hydrogen (secondary N) is 4. The monoisotopic (exact) mass is 586 g/mol. The number of anilines is 2. The molecule has 9 nitrogen and oxygen atoms in total. The summed E-state index contributed by atoms with van der Waals surface area (Å²) >= 11 is 6.27. The topological polar surface area (TPSA) is 118 Å². The van der Waals surface area contributed by atoms with E-state index in [1.807, 2.05) is 11.0 Å². The van der Waals surface area contributed by atoms with Crippen LogP contribution in [0.15, 0.2) is 77.6 Å². The molecule has 212 valence electrons. The highest BCUT2D eigenvalue weighted by Crippen LogP contribution is 2.41. The molecule has 2 aromatic carbocycles. The highest BCUT2D eigenvalue weighted by Gasteiger charge is 2.27. The number of piperazine rings is 1. The Labute approximate surface area is 245 Å². The number of carbonyl (C=O) groups excluding carboxylic acids is 1. The third-order valence-corrected chi connectivity index (χ3v) is 7.31. The quantitative estimate of drug-likeness (QED) is 0.262. The first-order valence-electron chi connectivity index (χ1n) is 13.3. The van der Waals surface area contributed by atoms with Crippen LogP contribution in [0.4, 0.5) is 20.4 Å². The third-order valence-electron chi connectivity index (χ3n) is 7.11. The van der Waals surface area contributed by atoms with E-state index in [9.17, 15) is 13.6 Å². The fourth-order valence-electron chi connectivity index (χ4n) is 4.99. The van der Waals surface area contributed by atoms with Gasteiger partial charge < -0.3 is 15.5 Å². The second-order valence-electron chi connectivity index (χ2n) is 9.78. The molecule has 1 amide bonds. The van der Waals surface area contributed by atoms with Gasteiger partial charge in [0.25, 0.3) is 5.91 Å². The molecule has 0 bridgehead atoms. The molecule has 0 atom stereocenters. The van der Waals surface area contributed by atoms with Crippen molar-refractivity contribution < 1.29 is 13.6 Å². The number of amides is 1. The van der Waals surface area contributed by atoms with Crippen molar-refractivity contribution >= 4 is 51.4 Å². The summed E-state index contributed by atoms with van der Waals surface area (Å²) in [5, 5.41) is 17.2. The van der Waals surface area contributed by atoms with Crippen molar-refractivity contribution in [2.75, 3.05) is 31.5 Å². The average molecular weight is 587 g/mol. The standard InChI is InChI=1S/C30H25ClF2N8O/c31-25-14-21(26-23(32)2-1-3-24(26)33)20-9-6-18-15-37-30(39-27(18)22(20)16-36-25)38-19-7-4-17(5-8-19)28(42)40-29(34)41-12-10-35-11-13-41/h1-5,7-9,14-16,35H,6,10-13H2,(H2,34,40,42)(H,37,38,39). The normalized spacial score (nSPS) is 16.1. The number of hydrogen-bond donors (Lipinski definition) is 4. The van der Waals surface area contributed by atoms with Crippen LogP contribution in [0, 0.1) is 17.0 Å². The molecular weight excluding hydrogens is 562 g/mol. The molecule has 1 aromatic heterocycles. The van der Waals surface area contributed by atoms with Crippen molar-refractivity contribution in [2.45, 2.75) is 6.42 Å². The Hall–Kier alpha value is -4.74. The number of allylic oxidation sites excluding steroid dienone is 5. The lowest BCUT2D eigenvalue weighted by Gasteiger charge is -2.29. The minimum absolute atomic E-state index is 0.0776. The van der Waals surface area contributed by atoms with Crippen LogP contribution in [-0.2, 0) is 6.42 Å². The van der Waals surface area contributed by atoms with E-state index in [0.29, 0.717) is 47.6 Å². The molecule has 4 N–H and O–H groups in total. The van der Waals surface area contributed by atoms with Crippen LogP contribution in [-0.4, -0.2) is 58.1 Å². The van der Waals surface area contributed by atoms with E-state index in [0.717, 1.165) is 18.7 Å². The maximum absolute atomic E-state index is 14.8. The van der Waals surface area contributed by atoms with Gasteiger partial charge in [0, 0.05) is 61.0 Å². The van der Waals surface area contributed by atoms with Crippen LogP contribution >= 0.6 is 11.6 Å². The summed E-state index contributed by atoms with van der Waals surface area (Å²) in [6.45, 7) is 2.85. The van der Waals surface area contributed by atoms with Crippen molar-refractivity contribution in [1.82, 2.24) is 25.5 Å². The molecule has 1 fully saturated rings. The van der Waals surface area contributed by atoms with Crippen molar-refractivity contribution in [1.29, 1.82) is 5.41 Å². The number of aliphatic imine (C=N–C) groups is 1. The molecule has 3 aliphatic rings. The van der Waals surface area contributed by atoms with Gasteiger partial charge >= 0.3 is 0 Å². The number of benzene rings is 2. The molecule has 0 unspecified atom stereocenters. The van der Waals surface area contributed by atoms with E-state index < -0.39 is 11.6 Å².